The molecule has 2 heterocycles. The summed E-state index contributed by atoms with van der Waals surface area (Å²) in [6.45, 7) is 2.02. The molecule has 4 aromatic rings. The van der Waals surface area contributed by atoms with Crippen molar-refractivity contribution in [2.24, 2.45) is 0 Å². The highest BCUT2D eigenvalue weighted by molar-refractivity contribution is 6.32. The van der Waals surface area contributed by atoms with E-state index in [1.54, 1.807) is 25.3 Å². The molecule has 1 aliphatic carbocycles. The molecule has 0 radical (unpaired) electrons. The van der Waals surface area contributed by atoms with Gasteiger partial charge in [-0.2, -0.15) is 0 Å². The van der Waals surface area contributed by atoms with Crippen molar-refractivity contribution >= 4 is 28.8 Å². The maximum Gasteiger partial charge on any atom is 0.255 e. The average Bonchev–Trinajstić information content (AvgIpc) is 3.29. The lowest BCUT2D eigenvalue weighted by atomic mass is 9.90. The number of amides is 1. The SMILES string of the molecule is COc1cc(C)c(-c2cn3ccc(NC4CCC(NC(=O)c5ccccc5O)CC4)cc3n2)cc1Cl. The number of methoxy groups -OCH3 is 1. The van der Waals surface area contributed by atoms with Gasteiger partial charge < -0.3 is 24.9 Å². The molecular formula is C28H29ClN4O3. The van der Waals surface area contributed by atoms with Crippen molar-refractivity contribution < 1.29 is 14.6 Å². The number of carbonyl (C=O) groups is 1. The number of imidazole rings is 1. The molecule has 0 saturated heterocycles. The molecule has 1 saturated carbocycles. The normalized spacial score (nSPS) is 17.6. The molecule has 2 aromatic carbocycles. The lowest BCUT2D eigenvalue weighted by Crippen LogP contribution is -2.40. The van der Waals surface area contributed by atoms with E-state index in [1.165, 1.54) is 6.07 Å². The molecule has 2 aromatic heterocycles. The van der Waals surface area contributed by atoms with Crippen LogP contribution in [-0.2, 0) is 0 Å². The molecule has 0 bridgehead atoms. The second kappa shape index (κ2) is 10.1. The zero-order valence-corrected chi connectivity index (χ0v) is 21.0. The second-order valence-electron chi connectivity index (χ2n) is 9.29. The molecule has 1 amide bonds. The number of hydrogen-bond donors (Lipinski definition) is 3. The van der Waals surface area contributed by atoms with Crippen molar-refractivity contribution in [3.05, 3.63) is 77.1 Å². The molecule has 0 aliphatic heterocycles. The van der Waals surface area contributed by atoms with Crippen molar-refractivity contribution in [1.29, 1.82) is 0 Å². The number of ether oxygens (including phenoxy) is 1. The van der Waals surface area contributed by atoms with E-state index in [4.69, 9.17) is 21.3 Å². The highest BCUT2D eigenvalue weighted by Gasteiger charge is 2.23. The van der Waals surface area contributed by atoms with Gasteiger partial charge in [-0.25, -0.2) is 4.98 Å². The minimum atomic E-state index is -0.224. The van der Waals surface area contributed by atoms with Crippen molar-refractivity contribution in [2.45, 2.75) is 44.7 Å². The van der Waals surface area contributed by atoms with Crippen LogP contribution < -0.4 is 15.4 Å². The first-order valence-electron chi connectivity index (χ1n) is 12.1. The average molecular weight is 505 g/mol. The first kappa shape index (κ1) is 24.0. The largest absolute Gasteiger partial charge is 0.507 e. The summed E-state index contributed by atoms with van der Waals surface area (Å²) in [4.78, 5) is 17.3. The first-order chi connectivity index (χ1) is 17.4. The molecular weight excluding hydrogens is 476 g/mol. The van der Waals surface area contributed by atoms with Gasteiger partial charge in [0.15, 0.2) is 0 Å². The highest BCUT2D eigenvalue weighted by Crippen LogP contribution is 2.33. The van der Waals surface area contributed by atoms with Gasteiger partial charge in [0.25, 0.3) is 5.91 Å². The topological polar surface area (TPSA) is 87.9 Å². The minimum Gasteiger partial charge on any atom is -0.507 e. The number of carbonyl (C=O) groups excluding carboxylic acids is 1. The third-order valence-corrected chi connectivity index (χ3v) is 7.11. The molecule has 0 unspecified atom stereocenters. The van der Waals surface area contributed by atoms with Gasteiger partial charge in [-0.05, 0) is 68.5 Å². The molecule has 0 spiro atoms. The van der Waals surface area contributed by atoms with Crippen LogP contribution in [0.3, 0.4) is 0 Å². The Hall–Kier alpha value is -3.71. The van der Waals surface area contributed by atoms with Crippen LogP contribution in [0.2, 0.25) is 5.02 Å². The zero-order chi connectivity index (χ0) is 25.2. The van der Waals surface area contributed by atoms with E-state index in [2.05, 4.69) is 22.8 Å². The van der Waals surface area contributed by atoms with Gasteiger partial charge in [-0.15, -0.1) is 0 Å². The molecule has 7 nitrogen and oxygen atoms in total. The summed E-state index contributed by atoms with van der Waals surface area (Å²) < 4.78 is 7.32. The molecule has 5 rings (SSSR count). The predicted octanol–water partition coefficient (Wildman–Crippen LogP) is 5.83. The van der Waals surface area contributed by atoms with E-state index >= 15 is 0 Å². The van der Waals surface area contributed by atoms with Gasteiger partial charge in [0.2, 0.25) is 0 Å². The number of phenols is 1. The number of nitrogens with zero attached hydrogens (tertiary/aromatic N) is 2. The summed E-state index contributed by atoms with van der Waals surface area (Å²) >= 11 is 6.36. The number of benzene rings is 2. The quantitative estimate of drug-likeness (QED) is 0.307. The monoisotopic (exact) mass is 504 g/mol. The Bertz CT molecular complexity index is 1410. The van der Waals surface area contributed by atoms with Crippen molar-refractivity contribution in [3.63, 3.8) is 0 Å². The number of aromatic hydroxyl groups is 1. The third-order valence-electron chi connectivity index (χ3n) is 6.82. The van der Waals surface area contributed by atoms with Crippen molar-refractivity contribution in [3.8, 4) is 22.8 Å². The standard InChI is InChI=1S/C28H29ClN4O3/c1-17-13-26(36-2)23(29)15-22(17)24-16-33-12-11-20(14-27(33)32-24)30-18-7-9-19(10-8-18)31-28(35)21-5-3-4-6-25(21)34/h3-6,11-16,18-19,30,34H,7-10H2,1-2H3,(H,31,35). The van der Waals surface area contributed by atoms with Gasteiger partial charge in [0.1, 0.15) is 17.1 Å². The zero-order valence-electron chi connectivity index (χ0n) is 20.3. The van der Waals surface area contributed by atoms with Crippen LogP contribution in [0.4, 0.5) is 5.69 Å². The van der Waals surface area contributed by atoms with Crippen LogP contribution in [0.1, 0.15) is 41.6 Å². The summed E-state index contributed by atoms with van der Waals surface area (Å²) in [6.07, 6.45) is 7.66. The number of hydrogen-bond acceptors (Lipinski definition) is 5. The lowest BCUT2D eigenvalue weighted by Gasteiger charge is -2.30. The van der Waals surface area contributed by atoms with Gasteiger partial charge in [0.05, 0.1) is 23.4 Å². The maximum absolute atomic E-state index is 12.5. The Kier molecular flexibility index (Phi) is 6.74. The van der Waals surface area contributed by atoms with Crippen LogP contribution in [0.25, 0.3) is 16.9 Å². The van der Waals surface area contributed by atoms with Crippen molar-refractivity contribution in [1.82, 2.24) is 14.7 Å². The summed E-state index contributed by atoms with van der Waals surface area (Å²) in [5.74, 6) is 0.437. The lowest BCUT2D eigenvalue weighted by molar-refractivity contribution is 0.0924. The molecule has 3 N–H and O–H groups in total. The van der Waals surface area contributed by atoms with E-state index in [0.717, 1.165) is 53.8 Å². The highest BCUT2D eigenvalue weighted by atomic mass is 35.5. The van der Waals surface area contributed by atoms with Gasteiger partial charge in [0, 0.05) is 41.8 Å². The molecule has 186 valence electrons. The summed E-state index contributed by atoms with van der Waals surface area (Å²) in [6, 6.07) is 15.0. The number of para-hydroxylation sites is 1. The van der Waals surface area contributed by atoms with E-state index in [1.807, 2.05) is 35.9 Å². The molecule has 1 fully saturated rings. The predicted molar refractivity (Wildman–Crippen MR) is 142 cm³/mol. The number of halogens is 1. The van der Waals surface area contributed by atoms with E-state index in [0.29, 0.717) is 22.4 Å². The van der Waals surface area contributed by atoms with E-state index < -0.39 is 0 Å². The van der Waals surface area contributed by atoms with Gasteiger partial charge in [-0.1, -0.05) is 23.7 Å². The molecule has 1 aliphatic rings. The third kappa shape index (κ3) is 4.97. The van der Waals surface area contributed by atoms with Gasteiger partial charge in [-0.3, -0.25) is 4.79 Å². The van der Waals surface area contributed by atoms with Crippen molar-refractivity contribution in [2.75, 3.05) is 12.4 Å². The Labute approximate surface area is 215 Å². The Morgan fingerprint density at radius 2 is 1.86 bits per heavy atom. The number of anilines is 1. The van der Waals surface area contributed by atoms with E-state index in [9.17, 15) is 9.90 Å². The van der Waals surface area contributed by atoms with Crippen LogP contribution in [-0.4, -0.2) is 39.6 Å². The Balaban J connectivity index is 1.22. The maximum atomic E-state index is 12.5. The number of fused-ring (bicyclic) bond motifs is 1. The first-order valence-corrected chi connectivity index (χ1v) is 12.5. The van der Waals surface area contributed by atoms with Crippen LogP contribution in [0, 0.1) is 6.92 Å². The van der Waals surface area contributed by atoms with Crippen LogP contribution in [0.5, 0.6) is 11.5 Å². The van der Waals surface area contributed by atoms with Crippen LogP contribution in [0.15, 0.2) is 60.9 Å². The summed E-state index contributed by atoms with van der Waals surface area (Å²) in [7, 11) is 1.61. The van der Waals surface area contributed by atoms with Crippen LogP contribution >= 0.6 is 11.6 Å². The molecule has 8 heteroatoms. The Morgan fingerprint density at radius 1 is 1.11 bits per heavy atom. The van der Waals surface area contributed by atoms with Gasteiger partial charge >= 0.3 is 0 Å². The second-order valence-corrected chi connectivity index (χ2v) is 9.70. The molecule has 0 atom stereocenters. The number of rotatable bonds is 6. The molecule has 36 heavy (non-hydrogen) atoms. The number of phenolic OH excluding ortho intramolecular Hbond substituents is 1. The van der Waals surface area contributed by atoms with E-state index in [-0.39, 0.29) is 17.7 Å². The fourth-order valence-electron chi connectivity index (χ4n) is 4.84. The fourth-order valence-corrected chi connectivity index (χ4v) is 5.08. The summed E-state index contributed by atoms with van der Waals surface area (Å²) in [5, 5.41) is 17.2. The summed E-state index contributed by atoms with van der Waals surface area (Å²) in [5.41, 5.74) is 5.07. The minimum absolute atomic E-state index is 0.00754. The number of pyridine rings is 1. The fraction of sp³-hybridized carbons (Fsp3) is 0.286. The number of aromatic nitrogens is 2. The number of aryl methyl sites for hydroxylation is 1. The Morgan fingerprint density at radius 3 is 2.61 bits per heavy atom. The number of nitrogens with one attached hydrogen (secondary N) is 2. The smallest absolute Gasteiger partial charge is 0.255 e.